The van der Waals surface area contributed by atoms with Crippen LogP contribution in [-0.4, -0.2) is 11.4 Å². The summed E-state index contributed by atoms with van der Waals surface area (Å²) in [5.74, 6) is -0.0179. The Morgan fingerprint density at radius 1 is 1.41 bits per heavy atom. The van der Waals surface area contributed by atoms with Crippen LogP contribution < -0.4 is 5.32 Å². The number of hydrogen-bond acceptors (Lipinski definition) is 2. The number of carbonyl (C=O) groups is 1. The molecule has 1 aliphatic carbocycles. The van der Waals surface area contributed by atoms with Crippen LogP contribution in [0.5, 0.6) is 0 Å². The molecule has 0 bridgehead atoms. The molecule has 0 atom stereocenters. The molecule has 1 aromatic carbocycles. The molecule has 17 heavy (non-hydrogen) atoms. The molecule has 3 heteroatoms. The van der Waals surface area contributed by atoms with Crippen LogP contribution in [0.2, 0.25) is 0 Å². The van der Waals surface area contributed by atoms with Crippen LogP contribution in [0.25, 0.3) is 0 Å². The molecule has 0 aliphatic heterocycles. The molecule has 0 saturated heterocycles. The number of nitrogens with zero attached hydrogens (tertiary/aromatic N) is 1. The Morgan fingerprint density at radius 2 is 2.06 bits per heavy atom. The van der Waals surface area contributed by atoms with Crippen molar-refractivity contribution >= 4 is 5.91 Å². The summed E-state index contributed by atoms with van der Waals surface area (Å²) in [5.41, 5.74) is 1.60. The standard InChI is InChI=1S/C14H16N2O/c1-14(8-2-9-14)16-13(17)12-5-3-11(4-6-12)7-10-15/h3-6H,2,7-9H2,1H3,(H,16,17). The number of nitrogens with one attached hydrogen (secondary N) is 1. The highest BCUT2D eigenvalue weighted by atomic mass is 16.1. The number of benzene rings is 1. The molecule has 1 aromatic rings. The summed E-state index contributed by atoms with van der Waals surface area (Å²) >= 11 is 0. The van der Waals surface area contributed by atoms with Gasteiger partial charge in [-0.25, -0.2) is 0 Å². The fourth-order valence-electron chi connectivity index (χ4n) is 2.04. The van der Waals surface area contributed by atoms with E-state index in [0.29, 0.717) is 12.0 Å². The minimum atomic E-state index is -0.0179. The Kier molecular flexibility index (Phi) is 3.14. The van der Waals surface area contributed by atoms with Crippen LogP contribution in [0.4, 0.5) is 0 Å². The summed E-state index contributed by atoms with van der Waals surface area (Å²) in [7, 11) is 0. The van der Waals surface area contributed by atoms with E-state index in [0.717, 1.165) is 18.4 Å². The summed E-state index contributed by atoms with van der Waals surface area (Å²) < 4.78 is 0. The topological polar surface area (TPSA) is 52.9 Å². The van der Waals surface area contributed by atoms with Gasteiger partial charge in [-0.05, 0) is 43.9 Å². The quantitative estimate of drug-likeness (QED) is 0.863. The Labute approximate surface area is 101 Å². The number of hydrogen-bond donors (Lipinski definition) is 1. The molecule has 1 saturated carbocycles. The van der Waals surface area contributed by atoms with Gasteiger partial charge < -0.3 is 5.32 Å². The van der Waals surface area contributed by atoms with Crippen molar-refractivity contribution in [2.24, 2.45) is 0 Å². The third-order valence-electron chi connectivity index (χ3n) is 3.37. The maximum atomic E-state index is 11.9. The average molecular weight is 228 g/mol. The van der Waals surface area contributed by atoms with Gasteiger partial charge in [0.1, 0.15) is 0 Å². The molecule has 1 fully saturated rings. The normalized spacial score (nSPS) is 16.7. The lowest BCUT2D eigenvalue weighted by Gasteiger charge is -2.39. The molecule has 0 unspecified atom stereocenters. The van der Waals surface area contributed by atoms with Crippen molar-refractivity contribution in [1.82, 2.24) is 5.32 Å². The van der Waals surface area contributed by atoms with Crippen LogP contribution in [-0.2, 0) is 6.42 Å². The van der Waals surface area contributed by atoms with E-state index in [1.807, 2.05) is 12.1 Å². The van der Waals surface area contributed by atoms with E-state index in [1.165, 1.54) is 6.42 Å². The molecule has 1 amide bonds. The summed E-state index contributed by atoms with van der Waals surface area (Å²) in [6, 6.07) is 9.32. The molecule has 0 aromatic heterocycles. The highest BCUT2D eigenvalue weighted by Crippen LogP contribution is 2.31. The van der Waals surface area contributed by atoms with E-state index >= 15 is 0 Å². The second kappa shape index (κ2) is 4.58. The summed E-state index contributed by atoms with van der Waals surface area (Å²) in [5, 5.41) is 11.6. The van der Waals surface area contributed by atoms with E-state index in [2.05, 4.69) is 18.3 Å². The Hall–Kier alpha value is -1.82. The number of nitriles is 1. The summed E-state index contributed by atoms with van der Waals surface area (Å²) in [6.07, 6.45) is 3.70. The van der Waals surface area contributed by atoms with Gasteiger partial charge in [-0.3, -0.25) is 4.79 Å². The van der Waals surface area contributed by atoms with Crippen LogP contribution in [0, 0.1) is 11.3 Å². The molecule has 3 nitrogen and oxygen atoms in total. The first kappa shape index (κ1) is 11.7. The molecule has 1 aliphatic rings. The zero-order valence-electron chi connectivity index (χ0n) is 9.99. The van der Waals surface area contributed by atoms with E-state index in [-0.39, 0.29) is 11.4 Å². The first-order chi connectivity index (χ1) is 8.13. The molecule has 2 rings (SSSR count). The van der Waals surface area contributed by atoms with Gasteiger partial charge in [0.2, 0.25) is 0 Å². The van der Waals surface area contributed by atoms with Gasteiger partial charge in [0, 0.05) is 11.1 Å². The highest BCUT2D eigenvalue weighted by molar-refractivity contribution is 5.94. The second-order valence-electron chi connectivity index (χ2n) is 4.90. The maximum Gasteiger partial charge on any atom is 0.251 e. The highest BCUT2D eigenvalue weighted by Gasteiger charge is 2.33. The lowest BCUT2D eigenvalue weighted by Crippen LogP contribution is -2.50. The van der Waals surface area contributed by atoms with Crippen molar-refractivity contribution in [3.05, 3.63) is 35.4 Å². The molecule has 0 heterocycles. The van der Waals surface area contributed by atoms with E-state index in [4.69, 9.17) is 5.26 Å². The molecule has 88 valence electrons. The van der Waals surface area contributed by atoms with Gasteiger partial charge >= 0.3 is 0 Å². The third-order valence-corrected chi connectivity index (χ3v) is 3.37. The van der Waals surface area contributed by atoms with Gasteiger partial charge in [0.25, 0.3) is 5.91 Å². The van der Waals surface area contributed by atoms with Crippen molar-refractivity contribution in [3.8, 4) is 6.07 Å². The number of amides is 1. The van der Waals surface area contributed by atoms with Gasteiger partial charge in [0.15, 0.2) is 0 Å². The van der Waals surface area contributed by atoms with Gasteiger partial charge in [0.05, 0.1) is 12.5 Å². The molecule has 0 spiro atoms. The van der Waals surface area contributed by atoms with Crippen molar-refractivity contribution in [3.63, 3.8) is 0 Å². The van der Waals surface area contributed by atoms with Gasteiger partial charge in [-0.15, -0.1) is 0 Å². The fraction of sp³-hybridized carbons (Fsp3) is 0.429. The monoisotopic (exact) mass is 228 g/mol. The summed E-state index contributed by atoms with van der Waals surface area (Å²) in [4.78, 5) is 11.9. The van der Waals surface area contributed by atoms with Crippen LogP contribution >= 0.6 is 0 Å². The van der Waals surface area contributed by atoms with Crippen LogP contribution in [0.15, 0.2) is 24.3 Å². The number of rotatable bonds is 3. The van der Waals surface area contributed by atoms with E-state index < -0.39 is 0 Å². The predicted octanol–water partition coefficient (Wildman–Crippen LogP) is 2.43. The first-order valence-corrected chi connectivity index (χ1v) is 5.91. The largest absolute Gasteiger partial charge is 0.347 e. The van der Waals surface area contributed by atoms with Crippen molar-refractivity contribution in [1.29, 1.82) is 5.26 Å². The molecular weight excluding hydrogens is 212 g/mol. The SMILES string of the molecule is CC1(NC(=O)c2ccc(CC#N)cc2)CCC1. The summed E-state index contributed by atoms with van der Waals surface area (Å²) in [6.45, 7) is 2.08. The van der Waals surface area contributed by atoms with Crippen molar-refractivity contribution in [2.45, 2.75) is 38.1 Å². The first-order valence-electron chi connectivity index (χ1n) is 5.91. The maximum absolute atomic E-state index is 11.9. The van der Waals surface area contributed by atoms with E-state index in [9.17, 15) is 4.79 Å². The van der Waals surface area contributed by atoms with Gasteiger partial charge in [-0.1, -0.05) is 12.1 Å². The Balaban J connectivity index is 2.02. The lowest BCUT2D eigenvalue weighted by atomic mass is 9.78. The Bertz CT molecular complexity index is 452. The minimum Gasteiger partial charge on any atom is -0.347 e. The zero-order chi connectivity index (χ0) is 12.3. The lowest BCUT2D eigenvalue weighted by molar-refractivity contribution is 0.0850. The minimum absolute atomic E-state index is 0.0115. The third kappa shape index (κ3) is 2.65. The smallest absolute Gasteiger partial charge is 0.251 e. The molecular formula is C14H16N2O. The average Bonchev–Trinajstić information content (AvgIpc) is 2.28. The second-order valence-corrected chi connectivity index (χ2v) is 4.90. The van der Waals surface area contributed by atoms with Gasteiger partial charge in [-0.2, -0.15) is 5.26 Å². The van der Waals surface area contributed by atoms with Crippen molar-refractivity contribution in [2.75, 3.05) is 0 Å². The predicted molar refractivity (Wildman–Crippen MR) is 65.5 cm³/mol. The zero-order valence-corrected chi connectivity index (χ0v) is 9.99. The van der Waals surface area contributed by atoms with Crippen molar-refractivity contribution < 1.29 is 4.79 Å². The molecule has 0 radical (unpaired) electrons. The van der Waals surface area contributed by atoms with Crippen LogP contribution in [0.3, 0.4) is 0 Å². The Morgan fingerprint density at radius 3 is 2.53 bits per heavy atom. The number of carbonyl (C=O) groups excluding carboxylic acids is 1. The molecule has 1 N–H and O–H groups in total. The fourth-order valence-corrected chi connectivity index (χ4v) is 2.04. The van der Waals surface area contributed by atoms with E-state index in [1.54, 1.807) is 12.1 Å². The van der Waals surface area contributed by atoms with Crippen LogP contribution in [0.1, 0.15) is 42.1 Å².